The summed E-state index contributed by atoms with van der Waals surface area (Å²) in [4.78, 5) is 16.7. The second-order valence-electron chi connectivity index (χ2n) is 5.66. The molecule has 1 heterocycles. The fourth-order valence-corrected chi connectivity index (χ4v) is 3.92. The monoisotopic (exact) mass is 389 g/mol. The third-order valence-corrected chi connectivity index (χ3v) is 5.37. The van der Waals surface area contributed by atoms with Crippen LogP contribution >= 0.6 is 0 Å². The van der Waals surface area contributed by atoms with Crippen LogP contribution in [0.2, 0.25) is 0 Å². The van der Waals surface area contributed by atoms with Gasteiger partial charge in [-0.25, -0.2) is 8.42 Å². The van der Waals surface area contributed by atoms with Crippen molar-refractivity contribution in [3.05, 3.63) is 53.6 Å². The second-order valence-corrected chi connectivity index (χ2v) is 7.31. The zero-order chi connectivity index (χ0) is 19.4. The molecule has 0 saturated carbocycles. The van der Waals surface area contributed by atoms with Crippen molar-refractivity contribution in [1.29, 1.82) is 0 Å². The lowest BCUT2D eigenvalue weighted by molar-refractivity contribution is 0.0954. The van der Waals surface area contributed by atoms with Gasteiger partial charge in [0.1, 0.15) is 5.84 Å². The minimum Gasteiger partial charge on any atom is -0.493 e. The van der Waals surface area contributed by atoms with E-state index in [1.54, 1.807) is 36.4 Å². The summed E-state index contributed by atoms with van der Waals surface area (Å²) in [5.74, 6) is 0.990. The Hall–Kier alpha value is -3.07. The molecule has 1 aliphatic rings. The number of nitrogens with zero attached hydrogens (tertiary/aromatic N) is 1. The molecule has 0 aromatic heterocycles. The van der Waals surface area contributed by atoms with E-state index in [2.05, 4.69) is 15.0 Å². The van der Waals surface area contributed by atoms with Gasteiger partial charge in [-0.05, 0) is 30.3 Å². The highest BCUT2D eigenvalue weighted by molar-refractivity contribution is 7.90. The number of methoxy groups -OCH3 is 2. The normalized spacial score (nSPS) is 15.7. The molecule has 0 fully saturated rings. The molecule has 0 bridgehead atoms. The Kier molecular flexibility index (Phi) is 5.31. The molecule has 9 heteroatoms. The number of rotatable bonds is 6. The summed E-state index contributed by atoms with van der Waals surface area (Å²) in [5, 5.41) is 2.74. The van der Waals surface area contributed by atoms with Crippen LogP contribution in [0.5, 0.6) is 11.5 Å². The average Bonchev–Trinajstić information content (AvgIpc) is 2.95. The van der Waals surface area contributed by atoms with E-state index in [1.165, 1.54) is 20.3 Å². The van der Waals surface area contributed by atoms with Crippen LogP contribution in [0.25, 0.3) is 0 Å². The molecule has 0 saturated heterocycles. The van der Waals surface area contributed by atoms with Crippen molar-refractivity contribution in [2.75, 3.05) is 27.3 Å². The number of hydrogen-bond acceptors (Lipinski definition) is 6. The van der Waals surface area contributed by atoms with Gasteiger partial charge >= 0.3 is 0 Å². The number of carbonyl (C=O) groups is 1. The number of hydrogen-bond donors (Lipinski definition) is 2. The van der Waals surface area contributed by atoms with Gasteiger partial charge in [0.15, 0.2) is 11.5 Å². The lowest BCUT2D eigenvalue weighted by Gasteiger charge is -2.09. The van der Waals surface area contributed by atoms with Crippen LogP contribution in [-0.2, 0) is 10.0 Å². The Labute approximate surface area is 157 Å². The molecular formula is C18H19N3O5S. The third-order valence-electron chi connectivity index (χ3n) is 3.98. The minimum atomic E-state index is -3.56. The van der Waals surface area contributed by atoms with Crippen LogP contribution < -0.4 is 19.5 Å². The number of aliphatic imine (C=N–C) groups is 1. The molecule has 142 valence electrons. The number of ether oxygens (including phenoxy) is 2. The van der Waals surface area contributed by atoms with Gasteiger partial charge in [0, 0.05) is 17.7 Å². The maximum Gasteiger partial charge on any atom is 0.263 e. The zero-order valence-corrected chi connectivity index (χ0v) is 15.7. The number of sulfonamides is 1. The van der Waals surface area contributed by atoms with Gasteiger partial charge in [-0.1, -0.05) is 12.1 Å². The van der Waals surface area contributed by atoms with Crippen molar-refractivity contribution < 1.29 is 22.7 Å². The summed E-state index contributed by atoms with van der Waals surface area (Å²) in [7, 11) is -0.543. The average molecular weight is 389 g/mol. The molecule has 2 aromatic carbocycles. The predicted octanol–water partition coefficient (Wildman–Crippen LogP) is 1.17. The molecule has 0 atom stereocenters. The number of fused-ring (bicyclic) bond motifs is 1. The Bertz CT molecular complexity index is 1000. The minimum absolute atomic E-state index is 0.207. The lowest BCUT2D eigenvalue weighted by Crippen LogP contribution is -2.27. The zero-order valence-electron chi connectivity index (χ0n) is 14.9. The second kappa shape index (κ2) is 7.67. The van der Waals surface area contributed by atoms with Gasteiger partial charge in [-0.2, -0.15) is 0 Å². The van der Waals surface area contributed by atoms with Crippen LogP contribution in [0, 0.1) is 0 Å². The van der Waals surface area contributed by atoms with Gasteiger partial charge in [0.05, 0.1) is 25.7 Å². The maximum absolute atomic E-state index is 12.2. The van der Waals surface area contributed by atoms with Crippen molar-refractivity contribution in [3.63, 3.8) is 0 Å². The highest BCUT2D eigenvalue weighted by Gasteiger charge is 2.29. The van der Waals surface area contributed by atoms with Crippen LogP contribution in [0.4, 0.5) is 0 Å². The molecule has 3 rings (SSSR count). The molecule has 1 aliphatic heterocycles. The Balaban J connectivity index is 1.63. The van der Waals surface area contributed by atoms with Gasteiger partial charge < -0.3 is 14.8 Å². The smallest absolute Gasteiger partial charge is 0.263 e. The SMILES string of the molecule is COc1ccc(C(=O)NCCN=C2NS(=O)(=O)c3ccccc32)cc1OC. The molecule has 0 radical (unpaired) electrons. The van der Waals surface area contributed by atoms with E-state index >= 15 is 0 Å². The van der Waals surface area contributed by atoms with Crippen LogP contribution in [-0.4, -0.2) is 47.5 Å². The van der Waals surface area contributed by atoms with E-state index < -0.39 is 10.0 Å². The van der Waals surface area contributed by atoms with E-state index in [0.29, 0.717) is 22.6 Å². The first-order valence-corrected chi connectivity index (χ1v) is 9.61. The Morgan fingerprint density at radius 1 is 1.11 bits per heavy atom. The Morgan fingerprint density at radius 2 is 1.85 bits per heavy atom. The van der Waals surface area contributed by atoms with E-state index in [9.17, 15) is 13.2 Å². The first-order valence-electron chi connectivity index (χ1n) is 8.13. The summed E-state index contributed by atoms with van der Waals surface area (Å²) in [5.41, 5.74) is 0.955. The predicted molar refractivity (Wildman–Crippen MR) is 100 cm³/mol. The summed E-state index contributed by atoms with van der Waals surface area (Å²) in [6, 6.07) is 11.5. The topological polar surface area (TPSA) is 106 Å². The molecule has 0 aliphatic carbocycles. The van der Waals surface area contributed by atoms with Crippen LogP contribution in [0.3, 0.4) is 0 Å². The number of benzene rings is 2. The summed E-state index contributed by atoms with van der Waals surface area (Å²) >= 11 is 0. The van der Waals surface area contributed by atoms with Crippen LogP contribution in [0.15, 0.2) is 52.4 Å². The van der Waals surface area contributed by atoms with Crippen molar-refractivity contribution in [3.8, 4) is 11.5 Å². The van der Waals surface area contributed by atoms with E-state index in [1.807, 2.05) is 0 Å². The van der Waals surface area contributed by atoms with E-state index in [4.69, 9.17) is 9.47 Å². The molecule has 0 spiro atoms. The largest absolute Gasteiger partial charge is 0.493 e. The third kappa shape index (κ3) is 3.87. The van der Waals surface area contributed by atoms with Crippen molar-refractivity contribution in [2.45, 2.75) is 4.90 Å². The summed E-state index contributed by atoms with van der Waals surface area (Å²) in [6.07, 6.45) is 0. The first kappa shape index (κ1) is 18.7. The number of amides is 1. The van der Waals surface area contributed by atoms with Crippen molar-refractivity contribution in [1.82, 2.24) is 10.0 Å². The van der Waals surface area contributed by atoms with Crippen LogP contribution in [0.1, 0.15) is 15.9 Å². The number of carbonyl (C=O) groups excluding carboxylic acids is 1. The highest BCUT2D eigenvalue weighted by Crippen LogP contribution is 2.27. The van der Waals surface area contributed by atoms with Gasteiger partial charge in [0.2, 0.25) is 0 Å². The molecule has 8 nitrogen and oxygen atoms in total. The maximum atomic E-state index is 12.2. The first-order chi connectivity index (χ1) is 13.0. The fraction of sp³-hybridized carbons (Fsp3) is 0.222. The van der Waals surface area contributed by atoms with Crippen molar-refractivity contribution >= 4 is 21.8 Å². The van der Waals surface area contributed by atoms with Gasteiger partial charge in [-0.3, -0.25) is 14.5 Å². The van der Waals surface area contributed by atoms with Gasteiger partial charge in [0.25, 0.3) is 15.9 Å². The van der Waals surface area contributed by atoms with Crippen molar-refractivity contribution in [2.24, 2.45) is 4.99 Å². The van der Waals surface area contributed by atoms with Gasteiger partial charge in [-0.15, -0.1) is 0 Å². The number of amidine groups is 1. The fourth-order valence-electron chi connectivity index (χ4n) is 2.67. The quantitative estimate of drug-likeness (QED) is 0.722. The number of nitrogens with one attached hydrogen (secondary N) is 2. The molecule has 2 N–H and O–H groups in total. The lowest BCUT2D eigenvalue weighted by atomic mass is 10.2. The molecule has 1 amide bonds. The molecule has 0 unspecified atom stereocenters. The summed E-state index contributed by atoms with van der Waals surface area (Å²) in [6.45, 7) is 0.478. The molecule has 27 heavy (non-hydrogen) atoms. The molecule has 2 aromatic rings. The highest BCUT2D eigenvalue weighted by atomic mass is 32.2. The summed E-state index contributed by atoms with van der Waals surface area (Å²) < 4.78 is 36.8. The van der Waals surface area contributed by atoms with E-state index in [-0.39, 0.29) is 29.7 Å². The standard InChI is InChI=1S/C18H19N3O5S/c1-25-14-8-7-12(11-15(14)26-2)18(22)20-10-9-19-17-13-5-3-4-6-16(13)27(23,24)21-17/h3-8,11H,9-10H2,1-2H3,(H,19,21)(H,20,22). The van der Waals surface area contributed by atoms with E-state index in [0.717, 1.165) is 0 Å². The Morgan fingerprint density at radius 3 is 2.59 bits per heavy atom. The molecular weight excluding hydrogens is 370 g/mol.